The van der Waals surface area contributed by atoms with Crippen LogP contribution in [0.2, 0.25) is 18.1 Å². The van der Waals surface area contributed by atoms with E-state index in [1.807, 2.05) is 0 Å². The molecule has 0 saturated carbocycles. The monoisotopic (exact) mass is 381 g/mol. The molecule has 0 aliphatic carbocycles. The standard InChI is InChI=1S/C17H27N3O5Si/c1-5-17(23)12(11-24-26(6-2,7-3)8-4)25-15(14(17)21)20-10-9-13(18)19-16(20)22/h1,9-10,12,14-15,21,23H,6-8,11H2,2-4H3,(H2,18,19,22)/t12-,14+,15-,17-/m1/s1. The van der Waals surface area contributed by atoms with Gasteiger partial charge in [0.1, 0.15) is 18.0 Å². The summed E-state index contributed by atoms with van der Waals surface area (Å²) in [6.45, 7) is 6.30. The molecule has 0 spiro atoms. The topological polar surface area (TPSA) is 120 Å². The van der Waals surface area contributed by atoms with E-state index in [0.717, 1.165) is 22.7 Å². The quantitative estimate of drug-likeness (QED) is 0.464. The van der Waals surface area contributed by atoms with Gasteiger partial charge in [-0.05, 0) is 24.2 Å². The van der Waals surface area contributed by atoms with Crippen LogP contribution < -0.4 is 11.4 Å². The van der Waals surface area contributed by atoms with E-state index in [9.17, 15) is 15.0 Å². The first-order chi connectivity index (χ1) is 12.3. The maximum Gasteiger partial charge on any atom is 0.351 e. The number of terminal acetylenes is 1. The van der Waals surface area contributed by atoms with E-state index < -0.39 is 38.0 Å². The Kier molecular flexibility index (Phi) is 6.26. The fraction of sp³-hybridized carbons (Fsp3) is 0.647. The minimum absolute atomic E-state index is 0.0488. The van der Waals surface area contributed by atoms with Gasteiger partial charge in [-0.1, -0.05) is 26.7 Å². The first-order valence-corrected chi connectivity index (χ1v) is 11.3. The summed E-state index contributed by atoms with van der Waals surface area (Å²) in [7, 11) is -1.94. The van der Waals surface area contributed by atoms with E-state index in [4.69, 9.17) is 21.3 Å². The minimum Gasteiger partial charge on any atom is -0.414 e. The molecule has 0 amide bonds. The number of rotatable bonds is 7. The van der Waals surface area contributed by atoms with E-state index in [-0.39, 0.29) is 12.4 Å². The molecule has 144 valence electrons. The van der Waals surface area contributed by atoms with Gasteiger partial charge in [-0.3, -0.25) is 4.57 Å². The number of hydrogen-bond acceptors (Lipinski definition) is 7. The lowest BCUT2D eigenvalue weighted by molar-refractivity contribution is -0.0594. The fourth-order valence-electron chi connectivity index (χ4n) is 3.24. The van der Waals surface area contributed by atoms with Crippen molar-refractivity contribution in [2.75, 3.05) is 12.3 Å². The van der Waals surface area contributed by atoms with Crippen molar-refractivity contribution in [3.63, 3.8) is 0 Å². The highest BCUT2D eigenvalue weighted by Gasteiger charge is 2.56. The maximum atomic E-state index is 12.1. The molecule has 0 bridgehead atoms. The van der Waals surface area contributed by atoms with Crippen LogP contribution in [0.4, 0.5) is 5.82 Å². The minimum atomic E-state index is -1.97. The predicted octanol–water partition coefficient (Wildman–Crippen LogP) is 0.470. The summed E-state index contributed by atoms with van der Waals surface area (Å²) in [5.74, 6) is 2.27. The molecule has 1 fully saturated rings. The average Bonchev–Trinajstić information content (AvgIpc) is 2.89. The van der Waals surface area contributed by atoms with Crippen LogP contribution in [-0.2, 0) is 9.16 Å². The fourth-order valence-corrected chi connectivity index (χ4v) is 5.86. The van der Waals surface area contributed by atoms with Gasteiger partial charge in [0.05, 0.1) is 6.61 Å². The third kappa shape index (κ3) is 3.56. The number of hydrogen-bond donors (Lipinski definition) is 3. The lowest BCUT2D eigenvalue weighted by Gasteiger charge is -2.32. The van der Waals surface area contributed by atoms with Crippen LogP contribution >= 0.6 is 0 Å². The number of ether oxygens (including phenoxy) is 1. The highest BCUT2D eigenvalue weighted by atomic mass is 28.4. The molecule has 9 heteroatoms. The number of anilines is 1. The second-order valence-electron chi connectivity index (χ2n) is 6.53. The Morgan fingerprint density at radius 3 is 2.58 bits per heavy atom. The first-order valence-electron chi connectivity index (χ1n) is 8.79. The van der Waals surface area contributed by atoms with Crippen molar-refractivity contribution < 1.29 is 19.4 Å². The van der Waals surface area contributed by atoms with Gasteiger partial charge in [0.15, 0.2) is 20.1 Å². The Hall–Kier alpha value is -1.70. The second-order valence-corrected chi connectivity index (χ2v) is 11.3. The van der Waals surface area contributed by atoms with Crippen molar-refractivity contribution in [2.45, 2.75) is 62.9 Å². The molecule has 2 rings (SSSR count). The number of nitrogens with zero attached hydrogens (tertiary/aromatic N) is 2. The zero-order chi connectivity index (χ0) is 19.5. The van der Waals surface area contributed by atoms with E-state index in [1.165, 1.54) is 12.3 Å². The summed E-state index contributed by atoms with van der Waals surface area (Å²) in [6.07, 6.45) is 3.18. The molecular formula is C17H27N3O5Si. The molecule has 0 radical (unpaired) electrons. The highest BCUT2D eigenvalue weighted by Crippen LogP contribution is 2.37. The molecule has 1 aromatic rings. The Morgan fingerprint density at radius 1 is 1.46 bits per heavy atom. The van der Waals surface area contributed by atoms with Crippen LogP contribution in [0.5, 0.6) is 0 Å². The normalized spacial score (nSPS) is 28.8. The van der Waals surface area contributed by atoms with Crippen molar-refractivity contribution >= 4 is 14.1 Å². The van der Waals surface area contributed by atoms with Crippen LogP contribution in [0.25, 0.3) is 0 Å². The molecule has 0 aromatic carbocycles. The lowest BCUT2D eigenvalue weighted by Crippen LogP contribution is -2.50. The summed E-state index contributed by atoms with van der Waals surface area (Å²) >= 11 is 0. The zero-order valence-electron chi connectivity index (χ0n) is 15.4. The summed E-state index contributed by atoms with van der Waals surface area (Å²) in [4.78, 5) is 15.7. The van der Waals surface area contributed by atoms with Gasteiger partial charge in [-0.2, -0.15) is 4.98 Å². The smallest absolute Gasteiger partial charge is 0.351 e. The van der Waals surface area contributed by atoms with Crippen molar-refractivity contribution in [1.82, 2.24) is 9.55 Å². The van der Waals surface area contributed by atoms with Crippen molar-refractivity contribution in [2.24, 2.45) is 0 Å². The summed E-state index contributed by atoms with van der Waals surface area (Å²) in [5, 5.41) is 21.3. The average molecular weight is 382 g/mol. The Bertz CT molecular complexity index is 722. The van der Waals surface area contributed by atoms with Crippen LogP contribution in [-0.4, -0.2) is 52.5 Å². The van der Waals surface area contributed by atoms with E-state index in [2.05, 4.69) is 31.7 Å². The van der Waals surface area contributed by atoms with E-state index in [1.54, 1.807) is 0 Å². The molecule has 4 N–H and O–H groups in total. The molecule has 2 heterocycles. The molecular weight excluding hydrogens is 354 g/mol. The Balaban J connectivity index is 2.28. The molecule has 1 aliphatic heterocycles. The summed E-state index contributed by atoms with van der Waals surface area (Å²) < 4.78 is 13.0. The first kappa shape index (κ1) is 20.6. The van der Waals surface area contributed by atoms with Gasteiger partial charge in [0.25, 0.3) is 0 Å². The van der Waals surface area contributed by atoms with Gasteiger partial charge in [-0.15, -0.1) is 6.42 Å². The molecule has 1 aliphatic rings. The van der Waals surface area contributed by atoms with Gasteiger partial charge < -0.3 is 25.1 Å². The van der Waals surface area contributed by atoms with Crippen LogP contribution in [0.1, 0.15) is 27.0 Å². The van der Waals surface area contributed by atoms with Crippen LogP contribution in [0.3, 0.4) is 0 Å². The van der Waals surface area contributed by atoms with Gasteiger partial charge >= 0.3 is 5.69 Å². The third-order valence-electron chi connectivity index (χ3n) is 5.35. The van der Waals surface area contributed by atoms with Gasteiger partial charge in [-0.25, -0.2) is 4.79 Å². The van der Waals surface area contributed by atoms with Crippen molar-refractivity contribution in [3.8, 4) is 12.3 Å². The molecule has 1 aromatic heterocycles. The Labute approximate surface area is 154 Å². The van der Waals surface area contributed by atoms with Crippen LogP contribution in [0, 0.1) is 12.3 Å². The molecule has 26 heavy (non-hydrogen) atoms. The third-order valence-corrected chi connectivity index (χ3v) is 9.99. The van der Waals surface area contributed by atoms with Gasteiger partial charge in [0.2, 0.25) is 0 Å². The number of aromatic nitrogens is 2. The second kappa shape index (κ2) is 7.90. The number of aliphatic hydroxyl groups is 2. The van der Waals surface area contributed by atoms with Crippen molar-refractivity contribution in [3.05, 3.63) is 22.7 Å². The van der Waals surface area contributed by atoms with Crippen LogP contribution in [0.15, 0.2) is 17.1 Å². The van der Waals surface area contributed by atoms with Crippen molar-refractivity contribution in [1.29, 1.82) is 0 Å². The molecule has 1 saturated heterocycles. The SMILES string of the molecule is C#C[C@@]1(O)[C@@H](CO[Si](CC)(CC)CC)O[C@@H](n2ccc(N)nc2=O)[C@@H]1O. The summed E-state index contributed by atoms with van der Waals surface area (Å²) in [6, 6.07) is 4.18. The zero-order valence-corrected chi connectivity index (χ0v) is 16.4. The predicted molar refractivity (Wildman–Crippen MR) is 99.8 cm³/mol. The van der Waals surface area contributed by atoms with E-state index in [0.29, 0.717) is 0 Å². The largest absolute Gasteiger partial charge is 0.414 e. The highest BCUT2D eigenvalue weighted by molar-refractivity contribution is 6.73. The number of nitrogen functional groups attached to an aromatic ring is 1. The lowest BCUT2D eigenvalue weighted by atomic mass is 9.93. The molecule has 4 atom stereocenters. The van der Waals surface area contributed by atoms with E-state index >= 15 is 0 Å². The summed E-state index contributed by atoms with van der Waals surface area (Å²) in [5.41, 5.74) is 2.81. The number of nitrogens with two attached hydrogens (primary N) is 1. The van der Waals surface area contributed by atoms with Gasteiger partial charge in [0, 0.05) is 6.20 Å². The Morgan fingerprint density at radius 2 is 2.08 bits per heavy atom. The molecule has 8 nitrogen and oxygen atoms in total. The maximum absolute atomic E-state index is 12.1. The number of aliphatic hydroxyl groups excluding tert-OH is 1. The molecule has 0 unspecified atom stereocenters.